The molecule has 1 aromatic carbocycles. The van der Waals surface area contributed by atoms with Crippen LogP contribution < -0.4 is 11.2 Å². The van der Waals surface area contributed by atoms with Gasteiger partial charge in [-0.25, -0.2) is 0 Å². The number of nitrogens with two attached hydrogens (primary N) is 1. The number of anilines is 1. The summed E-state index contributed by atoms with van der Waals surface area (Å²) in [6.45, 7) is 8.14. The van der Waals surface area contributed by atoms with Crippen molar-refractivity contribution < 1.29 is 9.31 Å². The Morgan fingerprint density at radius 2 is 1.74 bits per heavy atom. The predicted octanol–water partition coefficient (Wildman–Crippen LogP) is 1.62. The van der Waals surface area contributed by atoms with Crippen LogP contribution in [-0.4, -0.2) is 31.6 Å². The van der Waals surface area contributed by atoms with Crippen LogP contribution in [0.2, 0.25) is 0 Å². The van der Waals surface area contributed by atoms with Crippen molar-refractivity contribution in [2.75, 3.05) is 12.8 Å². The summed E-state index contributed by atoms with van der Waals surface area (Å²) in [5.74, 6) is 0. The lowest BCUT2D eigenvalue weighted by molar-refractivity contribution is 0.00578. The second kappa shape index (κ2) is 4.65. The summed E-state index contributed by atoms with van der Waals surface area (Å²) in [5.41, 5.74) is 7.75. The van der Waals surface area contributed by atoms with Crippen molar-refractivity contribution in [2.24, 2.45) is 4.99 Å². The molecule has 2 rings (SSSR count). The van der Waals surface area contributed by atoms with Gasteiger partial charge in [0.25, 0.3) is 0 Å². The lowest BCUT2D eigenvalue weighted by Gasteiger charge is -2.32. The smallest absolute Gasteiger partial charge is 0.399 e. The minimum absolute atomic E-state index is 0.358. The van der Waals surface area contributed by atoms with Gasteiger partial charge in [-0.05, 0) is 39.2 Å². The molecule has 0 amide bonds. The van der Waals surface area contributed by atoms with E-state index in [2.05, 4.69) is 4.99 Å². The number of nitrogens with zero attached hydrogens (tertiary/aromatic N) is 1. The minimum Gasteiger partial charge on any atom is -0.399 e. The Kier molecular flexibility index (Phi) is 3.45. The number of hydrogen-bond donors (Lipinski definition) is 1. The first-order chi connectivity index (χ1) is 8.78. The van der Waals surface area contributed by atoms with E-state index in [4.69, 9.17) is 15.0 Å². The Labute approximate surface area is 115 Å². The largest absolute Gasteiger partial charge is 0.495 e. The molecule has 1 aliphatic rings. The Hall–Kier alpha value is -1.33. The van der Waals surface area contributed by atoms with Gasteiger partial charge in [-0.2, -0.15) is 0 Å². The topological polar surface area (TPSA) is 56.8 Å². The predicted molar refractivity (Wildman–Crippen MR) is 80.1 cm³/mol. The molecule has 0 aromatic heterocycles. The van der Waals surface area contributed by atoms with E-state index in [1.165, 1.54) is 0 Å². The van der Waals surface area contributed by atoms with E-state index >= 15 is 0 Å². The first-order valence-electron chi connectivity index (χ1n) is 6.45. The monoisotopic (exact) mass is 260 g/mol. The molecule has 1 fully saturated rings. The number of aliphatic imine (C=N–C) groups is 1. The molecule has 0 unspecified atom stereocenters. The maximum Gasteiger partial charge on any atom is 0.495 e. The average molecular weight is 260 g/mol. The van der Waals surface area contributed by atoms with Crippen molar-refractivity contribution in [3.8, 4) is 0 Å². The highest BCUT2D eigenvalue weighted by molar-refractivity contribution is 6.63. The highest BCUT2D eigenvalue weighted by Crippen LogP contribution is 2.36. The molecule has 0 spiro atoms. The molecular weight excluding hydrogens is 239 g/mol. The molecule has 0 aliphatic carbocycles. The SMILES string of the molecule is CN=Cc1c(N)cccc1B1OC(C)(C)C(C)(C)O1. The first kappa shape index (κ1) is 14.1. The van der Waals surface area contributed by atoms with E-state index in [9.17, 15) is 0 Å². The van der Waals surface area contributed by atoms with Crippen LogP contribution in [0.4, 0.5) is 5.69 Å². The molecule has 102 valence electrons. The number of nitrogen functional groups attached to an aromatic ring is 1. The van der Waals surface area contributed by atoms with Crippen molar-refractivity contribution in [3.05, 3.63) is 23.8 Å². The molecule has 1 aromatic rings. The van der Waals surface area contributed by atoms with Crippen LogP contribution in [0.1, 0.15) is 33.3 Å². The fourth-order valence-electron chi connectivity index (χ4n) is 2.06. The summed E-state index contributed by atoms with van der Waals surface area (Å²) < 4.78 is 12.1. The molecule has 19 heavy (non-hydrogen) atoms. The van der Waals surface area contributed by atoms with Gasteiger partial charge < -0.3 is 15.0 Å². The average Bonchev–Trinajstić information content (AvgIpc) is 2.51. The fourth-order valence-corrected chi connectivity index (χ4v) is 2.06. The molecule has 5 heteroatoms. The van der Waals surface area contributed by atoms with Gasteiger partial charge in [-0.1, -0.05) is 12.1 Å². The Balaban J connectivity index is 2.42. The summed E-state index contributed by atoms with van der Waals surface area (Å²) in [4.78, 5) is 4.06. The summed E-state index contributed by atoms with van der Waals surface area (Å²) in [5, 5.41) is 0. The lowest BCUT2D eigenvalue weighted by Crippen LogP contribution is -2.41. The summed E-state index contributed by atoms with van der Waals surface area (Å²) in [6, 6.07) is 5.73. The van der Waals surface area contributed by atoms with Crippen LogP contribution in [0, 0.1) is 0 Å². The van der Waals surface area contributed by atoms with Crippen LogP contribution in [0.5, 0.6) is 0 Å². The van der Waals surface area contributed by atoms with Gasteiger partial charge in [0.15, 0.2) is 0 Å². The van der Waals surface area contributed by atoms with E-state index in [1.807, 2.05) is 45.9 Å². The van der Waals surface area contributed by atoms with Crippen molar-refractivity contribution in [2.45, 2.75) is 38.9 Å². The highest BCUT2D eigenvalue weighted by atomic mass is 16.7. The van der Waals surface area contributed by atoms with Crippen LogP contribution in [0.3, 0.4) is 0 Å². The third-order valence-corrected chi connectivity index (χ3v) is 3.94. The quantitative estimate of drug-likeness (QED) is 0.499. The maximum atomic E-state index is 6.05. The number of rotatable bonds is 2. The Morgan fingerprint density at radius 3 is 2.26 bits per heavy atom. The van der Waals surface area contributed by atoms with Gasteiger partial charge in [0.2, 0.25) is 0 Å². The standard InChI is InChI=1S/C14H21BN2O2/c1-13(2)14(3,4)19-15(18-13)11-7-6-8-12(16)10(11)9-17-5/h6-9H,16H2,1-5H3. The second-order valence-electron chi connectivity index (χ2n) is 5.83. The molecular formula is C14H21BN2O2. The van der Waals surface area contributed by atoms with Gasteiger partial charge in [0.05, 0.1) is 11.2 Å². The van der Waals surface area contributed by atoms with Crippen LogP contribution in [0.15, 0.2) is 23.2 Å². The Morgan fingerprint density at radius 1 is 1.16 bits per heavy atom. The molecule has 0 bridgehead atoms. The van der Waals surface area contributed by atoms with Gasteiger partial charge in [-0.15, -0.1) is 0 Å². The molecule has 1 aliphatic heterocycles. The number of benzene rings is 1. The van der Waals surface area contributed by atoms with Crippen LogP contribution in [0.25, 0.3) is 0 Å². The Bertz CT molecular complexity index is 496. The van der Waals surface area contributed by atoms with Gasteiger partial charge in [0.1, 0.15) is 0 Å². The first-order valence-corrected chi connectivity index (χ1v) is 6.45. The van der Waals surface area contributed by atoms with Crippen LogP contribution in [-0.2, 0) is 9.31 Å². The zero-order chi connectivity index (χ0) is 14.3. The zero-order valence-electron chi connectivity index (χ0n) is 12.2. The molecule has 4 nitrogen and oxygen atoms in total. The van der Waals surface area contributed by atoms with E-state index < -0.39 is 7.12 Å². The van der Waals surface area contributed by atoms with E-state index in [1.54, 1.807) is 13.3 Å². The van der Waals surface area contributed by atoms with Gasteiger partial charge in [-0.3, -0.25) is 4.99 Å². The van der Waals surface area contributed by atoms with Gasteiger partial charge in [0, 0.05) is 24.5 Å². The van der Waals surface area contributed by atoms with Crippen molar-refractivity contribution in [1.29, 1.82) is 0 Å². The van der Waals surface area contributed by atoms with Crippen molar-refractivity contribution in [1.82, 2.24) is 0 Å². The maximum absolute atomic E-state index is 6.05. The van der Waals surface area contributed by atoms with E-state index in [0.717, 1.165) is 11.0 Å². The lowest BCUT2D eigenvalue weighted by atomic mass is 9.75. The normalized spacial score (nSPS) is 21.2. The van der Waals surface area contributed by atoms with E-state index in [-0.39, 0.29) is 11.2 Å². The third kappa shape index (κ3) is 2.40. The summed E-state index contributed by atoms with van der Waals surface area (Å²) in [7, 11) is 1.31. The number of hydrogen-bond acceptors (Lipinski definition) is 4. The molecule has 0 atom stereocenters. The fraction of sp³-hybridized carbons (Fsp3) is 0.500. The summed E-state index contributed by atoms with van der Waals surface area (Å²) >= 11 is 0. The van der Waals surface area contributed by atoms with Crippen LogP contribution >= 0.6 is 0 Å². The third-order valence-electron chi connectivity index (χ3n) is 3.94. The molecule has 1 heterocycles. The molecule has 2 N–H and O–H groups in total. The highest BCUT2D eigenvalue weighted by Gasteiger charge is 2.52. The minimum atomic E-state index is -0.415. The molecule has 1 saturated heterocycles. The molecule has 0 radical (unpaired) electrons. The van der Waals surface area contributed by atoms with Gasteiger partial charge >= 0.3 is 7.12 Å². The van der Waals surface area contributed by atoms with Crippen molar-refractivity contribution in [3.63, 3.8) is 0 Å². The second-order valence-corrected chi connectivity index (χ2v) is 5.83. The van der Waals surface area contributed by atoms with Crippen molar-refractivity contribution >= 4 is 24.5 Å². The summed E-state index contributed by atoms with van der Waals surface area (Å²) in [6.07, 6.45) is 1.75. The molecule has 0 saturated carbocycles. The zero-order valence-corrected chi connectivity index (χ0v) is 12.2. The van der Waals surface area contributed by atoms with E-state index in [0.29, 0.717) is 5.69 Å².